The smallest absolute Gasteiger partial charge is 0.243 e. The molecule has 2 fully saturated rings. The molecule has 0 aromatic carbocycles. The van der Waals surface area contributed by atoms with Crippen molar-refractivity contribution in [3.05, 3.63) is 0 Å². The summed E-state index contributed by atoms with van der Waals surface area (Å²) in [5.74, 6) is 0.642. The molecule has 0 spiro atoms. The van der Waals surface area contributed by atoms with Crippen LogP contribution in [-0.4, -0.2) is 41.8 Å². The van der Waals surface area contributed by atoms with E-state index in [2.05, 4.69) is 26.1 Å². The van der Waals surface area contributed by atoms with E-state index in [1.807, 2.05) is 11.8 Å². The van der Waals surface area contributed by atoms with Gasteiger partial charge in [0.2, 0.25) is 5.91 Å². The van der Waals surface area contributed by atoms with Gasteiger partial charge in [-0.2, -0.15) is 0 Å². The second-order valence-corrected chi connectivity index (χ2v) is 6.69. The largest absolute Gasteiger partial charge is 0.376 e. The van der Waals surface area contributed by atoms with Crippen molar-refractivity contribution in [2.45, 2.75) is 70.7 Å². The third kappa shape index (κ3) is 2.40. The number of ether oxygens (including phenoxy) is 1. The fraction of sp³-hybridized carbons (Fsp3) is 0.933. The highest BCUT2D eigenvalue weighted by molar-refractivity contribution is 5.88. The molecule has 4 heteroatoms. The SMILES string of the molecule is CCC1(C)NC(C(C)C)N(CC2(OC)CCC2)C1=O. The molecule has 4 nitrogen and oxygen atoms in total. The van der Waals surface area contributed by atoms with Crippen molar-refractivity contribution in [1.82, 2.24) is 10.2 Å². The van der Waals surface area contributed by atoms with Crippen LogP contribution in [0.3, 0.4) is 0 Å². The van der Waals surface area contributed by atoms with E-state index < -0.39 is 5.54 Å². The van der Waals surface area contributed by atoms with Gasteiger partial charge in [0.25, 0.3) is 0 Å². The predicted molar refractivity (Wildman–Crippen MR) is 75.8 cm³/mol. The van der Waals surface area contributed by atoms with E-state index in [0.29, 0.717) is 5.92 Å². The second kappa shape index (κ2) is 5.06. The summed E-state index contributed by atoms with van der Waals surface area (Å²) in [5, 5.41) is 3.53. The van der Waals surface area contributed by atoms with E-state index in [1.165, 1.54) is 6.42 Å². The average Bonchev–Trinajstić information content (AvgIpc) is 2.59. The van der Waals surface area contributed by atoms with E-state index in [9.17, 15) is 4.79 Å². The Hall–Kier alpha value is -0.610. The standard InChI is InChI=1S/C15H28N2O2/c1-6-14(4)13(18)17(12(16-14)11(2)3)10-15(19-5)8-7-9-15/h11-12,16H,6-10H2,1-5H3. The number of amides is 1. The first-order valence-electron chi connectivity index (χ1n) is 7.51. The first kappa shape index (κ1) is 14.8. The van der Waals surface area contributed by atoms with Crippen LogP contribution >= 0.6 is 0 Å². The Kier molecular flexibility index (Phi) is 3.94. The lowest BCUT2D eigenvalue weighted by atomic mass is 9.79. The lowest BCUT2D eigenvalue weighted by Gasteiger charge is -2.44. The van der Waals surface area contributed by atoms with E-state index in [-0.39, 0.29) is 17.7 Å². The lowest BCUT2D eigenvalue weighted by Crippen LogP contribution is -2.54. The Bertz CT molecular complexity index is 347. The fourth-order valence-corrected chi connectivity index (χ4v) is 3.17. The molecule has 19 heavy (non-hydrogen) atoms. The van der Waals surface area contributed by atoms with Crippen LogP contribution in [0.1, 0.15) is 53.4 Å². The Morgan fingerprint density at radius 1 is 1.47 bits per heavy atom. The van der Waals surface area contributed by atoms with E-state index in [4.69, 9.17) is 4.74 Å². The molecule has 0 aromatic heterocycles. The van der Waals surface area contributed by atoms with E-state index >= 15 is 0 Å². The normalized spacial score (nSPS) is 33.9. The van der Waals surface area contributed by atoms with Gasteiger partial charge < -0.3 is 9.64 Å². The molecule has 1 aliphatic heterocycles. The van der Waals surface area contributed by atoms with Gasteiger partial charge in [-0.3, -0.25) is 10.1 Å². The van der Waals surface area contributed by atoms with Crippen molar-refractivity contribution >= 4 is 5.91 Å². The summed E-state index contributed by atoms with van der Waals surface area (Å²) in [6.45, 7) is 9.15. The molecule has 1 heterocycles. The molecule has 1 aliphatic carbocycles. The van der Waals surface area contributed by atoms with Crippen molar-refractivity contribution in [1.29, 1.82) is 0 Å². The summed E-state index contributed by atoms with van der Waals surface area (Å²) in [6, 6.07) is 0. The maximum absolute atomic E-state index is 12.7. The minimum absolute atomic E-state index is 0.0938. The number of nitrogens with one attached hydrogen (secondary N) is 1. The molecule has 2 aliphatic rings. The minimum atomic E-state index is -0.409. The Labute approximate surface area is 116 Å². The van der Waals surface area contributed by atoms with Gasteiger partial charge in [0.05, 0.1) is 23.9 Å². The monoisotopic (exact) mass is 268 g/mol. The molecular weight excluding hydrogens is 240 g/mol. The Morgan fingerprint density at radius 3 is 2.47 bits per heavy atom. The molecule has 2 unspecified atom stereocenters. The Balaban J connectivity index is 2.18. The van der Waals surface area contributed by atoms with Crippen molar-refractivity contribution in [3.8, 4) is 0 Å². The molecule has 0 radical (unpaired) electrons. The van der Waals surface area contributed by atoms with Crippen LogP contribution in [0.15, 0.2) is 0 Å². The van der Waals surface area contributed by atoms with Gasteiger partial charge in [-0.25, -0.2) is 0 Å². The quantitative estimate of drug-likeness (QED) is 0.830. The van der Waals surface area contributed by atoms with Gasteiger partial charge in [-0.1, -0.05) is 20.8 Å². The van der Waals surface area contributed by atoms with Crippen LogP contribution in [0.25, 0.3) is 0 Å². The molecule has 1 saturated carbocycles. The zero-order chi connectivity index (χ0) is 14.3. The molecular formula is C15H28N2O2. The van der Waals surface area contributed by atoms with Crippen LogP contribution in [0.4, 0.5) is 0 Å². The van der Waals surface area contributed by atoms with Crippen LogP contribution < -0.4 is 5.32 Å². The first-order chi connectivity index (χ1) is 8.87. The van der Waals surface area contributed by atoms with Crippen molar-refractivity contribution in [3.63, 3.8) is 0 Å². The number of methoxy groups -OCH3 is 1. The van der Waals surface area contributed by atoms with Gasteiger partial charge in [-0.15, -0.1) is 0 Å². The predicted octanol–water partition coefficient (Wildman–Crippen LogP) is 2.14. The molecule has 110 valence electrons. The first-order valence-corrected chi connectivity index (χ1v) is 7.51. The van der Waals surface area contributed by atoms with E-state index in [0.717, 1.165) is 25.8 Å². The third-order valence-electron chi connectivity index (χ3n) is 5.03. The van der Waals surface area contributed by atoms with Crippen LogP contribution in [0, 0.1) is 5.92 Å². The second-order valence-electron chi connectivity index (χ2n) is 6.69. The van der Waals surface area contributed by atoms with E-state index in [1.54, 1.807) is 7.11 Å². The van der Waals surface area contributed by atoms with Gasteiger partial charge in [0.1, 0.15) is 0 Å². The summed E-state index contributed by atoms with van der Waals surface area (Å²) in [5.41, 5.74) is -0.503. The topological polar surface area (TPSA) is 41.6 Å². The number of carbonyl (C=O) groups is 1. The number of rotatable bonds is 5. The molecule has 1 N–H and O–H groups in total. The molecule has 2 rings (SSSR count). The van der Waals surface area contributed by atoms with Gasteiger partial charge in [0.15, 0.2) is 0 Å². The number of hydrogen-bond donors (Lipinski definition) is 1. The maximum Gasteiger partial charge on any atom is 0.243 e. The lowest BCUT2D eigenvalue weighted by molar-refractivity contribution is -0.143. The summed E-state index contributed by atoms with van der Waals surface area (Å²) in [7, 11) is 1.77. The summed E-state index contributed by atoms with van der Waals surface area (Å²) >= 11 is 0. The van der Waals surface area contributed by atoms with Crippen LogP contribution in [-0.2, 0) is 9.53 Å². The van der Waals surface area contributed by atoms with Crippen molar-refractivity contribution in [2.24, 2.45) is 5.92 Å². The zero-order valence-corrected chi connectivity index (χ0v) is 13.0. The fourth-order valence-electron chi connectivity index (χ4n) is 3.17. The molecule has 2 atom stereocenters. The summed E-state index contributed by atoms with van der Waals surface area (Å²) in [6.07, 6.45) is 4.30. The maximum atomic E-state index is 12.7. The minimum Gasteiger partial charge on any atom is -0.376 e. The summed E-state index contributed by atoms with van der Waals surface area (Å²) in [4.78, 5) is 14.7. The molecule has 0 aromatic rings. The molecule has 1 saturated heterocycles. The van der Waals surface area contributed by atoms with Gasteiger partial charge in [-0.05, 0) is 38.5 Å². The zero-order valence-electron chi connectivity index (χ0n) is 13.0. The number of carbonyl (C=O) groups excluding carboxylic acids is 1. The van der Waals surface area contributed by atoms with Gasteiger partial charge >= 0.3 is 0 Å². The summed E-state index contributed by atoms with van der Waals surface area (Å²) < 4.78 is 5.69. The molecule has 0 bridgehead atoms. The average molecular weight is 268 g/mol. The number of nitrogens with zero attached hydrogens (tertiary/aromatic N) is 1. The highest BCUT2D eigenvalue weighted by Crippen LogP contribution is 2.38. The van der Waals surface area contributed by atoms with Crippen molar-refractivity contribution in [2.75, 3.05) is 13.7 Å². The Morgan fingerprint density at radius 2 is 2.11 bits per heavy atom. The third-order valence-corrected chi connectivity index (χ3v) is 5.03. The highest BCUT2D eigenvalue weighted by Gasteiger charge is 2.51. The van der Waals surface area contributed by atoms with Crippen LogP contribution in [0.5, 0.6) is 0 Å². The molecule has 1 amide bonds. The van der Waals surface area contributed by atoms with Crippen LogP contribution in [0.2, 0.25) is 0 Å². The number of hydrogen-bond acceptors (Lipinski definition) is 3. The highest BCUT2D eigenvalue weighted by atomic mass is 16.5. The van der Waals surface area contributed by atoms with Gasteiger partial charge in [0, 0.05) is 7.11 Å². The van der Waals surface area contributed by atoms with Crippen molar-refractivity contribution < 1.29 is 9.53 Å².